The lowest BCUT2D eigenvalue weighted by Gasteiger charge is -2.10. The minimum Gasteiger partial charge on any atom is -0.394 e. The summed E-state index contributed by atoms with van der Waals surface area (Å²) in [4.78, 5) is 32.1. The number of allylic oxidation sites excluding steroid dienone is 1. The number of benzene rings is 1. The van der Waals surface area contributed by atoms with Crippen LogP contribution in [0.1, 0.15) is 32.3 Å². The molecule has 1 aliphatic rings. The van der Waals surface area contributed by atoms with Crippen LogP contribution in [0.5, 0.6) is 0 Å². The highest BCUT2D eigenvalue weighted by Crippen LogP contribution is 2.35. The van der Waals surface area contributed by atoms with E-state index >= 15 is 0 Å². The van der Waals surface area contributed by atoms with Crippen molar-refractivity contribution in [1.82, 2.24) is 9.97 Å². The van der Waals surface area contributed by atoms with Crippen molar-refractivity contribution >= 4 is 34.2 Å². The number of nitrogens with one attached hydrogen (secondary N) is 3. The number of aromatic amines is 1. The number of aryl methyl sites for hydroxylation is 1. The molecule has 2 heterocycles. The Morgan fingerprint density at radius 2 is 1.93 bits per heavy atom. The number of hydrogen-bond acceptors (Lipinski definition) is 4. The van der Waals surface area contributed by atoms with Gasteiger partial charge in [-0.25, -0.2) is 4.98 Å². The van der Waals surface area contributed by atoms with E-state index in [1.807, 2.05) is 37.4 Å². The number of carbonyl (C=O) groups excluding carboxylic acids is 2. The largest absolute Gasteiger partial charge is 0.394 e. The molecule has 0 unspecified atom stereocenters. The molecule has 0 bridgehead atoms. The van der Waals surface area contributed by atoms with Crippen LogP contribution < -0.4 is 16.4 Å². The second-order valence-corrected chi connectivity index (χ2v) is 7.95. The fraction of sp³-hybridized carbons (Fsp3) is 0.261. The minimum atomic E-state index is -0.330. The average molecular weight is 403 g/mol. The van der Waals surface area contributed by atoms with Crippen LogP contribution in [-0.4, -0.2) is 21.8 Å². The SMILES string of the molecule is CC(C)=C(N)C(=O)Nc1cccc2c(-c3cc(NC(=O)C4CC4)ncc3C)c[nH]c12. The number of aromatic nitrogens is 2. The molecule has 154 valence electrons. The number of amides is 2. The highest BCUT2D eigenvalue weighted by molar-refractivity contribution is 6.10. The molecular formula is C23H25N5O2. The van der Waals surface area contributed by atoms with Gasteiger partial charge in [0, 0.05) is 29.3 Å². The van der Waals surface area contributed by atoms with Gasteiger partial charge in [-0.2, -0.15) is 0 Å². The summed E-state index contributed by atoms with van der Waals surface area (Å²) in [7, 11) is 0. The lowest BCUT2D eigenvalue weighted by molar-refractivity contribution is -0.117. The van der Waals surface area contributed by atoms with Gasteiger partial charge in [0.15, 0.2) is 0 Å². The zero-order chi connectivity index (χ0) is 21.4. The summed E-state index contributed by atoms with van der Waals surface area (Å²) in [6.45, 7) is 5.58. The Kier molecular flexibility index (Phi) is 5.03. The summed E-state index contributed by atoms with van der Waals surface area (Å²) in [5.74, 6) is 0.355. The van der Waals surface area contributed by atoms with E-state index in [9.17, 15) is 9.59 Å². The molecule has 5 N–H and O–H groups in total. The maximum Gasteiger partial charge on any atom is 0.271 e. The molecule has 1 aliphatic carbocycles. The van der Waals surface area contributed by atoms with Crippen molar-refractivity contribution in [3.63, 3.8) is 0 Å². The average Bonchev–Trinajstić information content (AvgIpc) is 3.48. The highest BCUT2D eigenvalue weighted by Gasteiger charge is 2.29. The Morgan fingerprint density at radius 3 is 2.63 bits per heavy atom. The maximum atomic E-state index is 12.4. The van der Waals surface area contributed by atoms with Crippen LogP contribution in [0.2, 0.25) is 0 Å². The third-order valence-corrected chi connectivity index (χ3v) is 5.34. The summed E-state index contributed by atoms with van der Waals surface area (Å²) in [6.07, 6.45) is 5.55. The molecule has 0 atom stereocenters. The van der Waals surface area contributed by atoms with Gasteiger partial charge >= 0.3 is 0 Å². The third-order valence-electron chi connectivity index (χ3n) is 5.34. The number of pyridine rings is 1. The van der Waals surface area contributed by atoms with Crippen molar-refractivity contribution in [2.75, 3.05) is 10.6 Å². The fourth-order valence-electron chi connectivity index (χ4n) is 3.35. The van der Waals surface area contributed by atoms with Crippen LogP contribution in [0, 0.1) is 12.8 Å². The van der Waals surface area contributed by atoms with Gasteiger partial charge in [-0.1, -0.05) is 12.1 Å². The Balaban J connectivity index is 1.70. The molecule has 1 fully saturated rings. The molecule has 3 aromatic rings. The van der Waals surface area contributed by atoms with Gasteiger partial charge in [0.1, 0.15) is 5.82 Å². The topological polar surface area (TPSA) is 113 Å². The number of hydrogen-bond donors (Lipinski definition) is 4. The molecule has 0 saturated heterocycles. The molecule has 4 rings (SSSR count). The van der Waals surface area contributed by atoms with E-state index in [-0.39, 0.29) is 23.4 Å². The Labute approximate surface area is 174 Å². The summed E-state index contributed by atoms with van der Waals surface area (Å²) in [5, 5.41) is 6.74. The third kappa shape index (κ3) is 3.78. The van der Waals surface area contributed by atoms with Gasteiger partial charge in [-0.05, 0) is 62.4 Å². The van der Waals surface area contributed by atoms with Crippen LogP contribution in [0.25, 0.3) is 22.0 Å². The van der Waals surface area contributed by atoms with Gasteiger partial charge in [0.2, 0.25) is 5.91 Å². The van der Waals surface area contributed by atoms with Crippen LogP contribution in [0.4, 0.5) is 11.5 Å². The molecule has 7 heteroatoms. The lowest BCUT2D eigenvalue weighted by Crippen LogP contribution is -2.21. The van der Waals surface area contributed by atoms with E-state index in [4.69, 9.17) is 5.73 Å². The molecule has 1 saturated carbocycles. The standard InChI is InChI=1S/C23H25N5O2/c1-12(2)20(24)23(30)27-18-6-4-5-15-17(11-26-21(15)18)16-9-19(25-10-13(16)3)28-22(29)14-7-8-14/h4-6,9-11,14,26H,7-8,24H2,1-3H3,(H,27,30)(H,25,28,29). The number of nitrogens with zero attached hydrogens (tertiary/aromatic N) is 1. The maximum absolute atomic E-state index is 12.4. The van der Waals surface area contributed by atoms with Gasteiger partial charge in [-0.3, -0.25) is 9.59 Å². The molecule has 0 radical (unpaired) electrons. The normalized spacial score (nSPS) is 13.2. The van der Waals surface area contributed by atoms with E-state index < -0.39 is 0 Å². The van der Waals surface area contributed by atoms with Gasteiger partial charge < -0.3 is 21.4 Å². The first-order valence-corrected chi connectivity index (χ1v) is 9.97. The van der Waals surface area contributed by atoms with E-state index in [1.54, 1.807) is 20.0 Å². The molecule has 1 aromatic carbocycles. The van der Waals surface area contributed by atoms with E-state index in [0.29, 0.717) is 11.5 Å². The van der Waals surface area contributed by atoms with Gasteiger partial charge in [-0.15, -0.1) is 0 Å². The number of carbonyl (C=O) groups is 2. The summed E-state index contributed by atoms with van der Waals surface area (Å²) in [5.41, 5.74) is 11.2. The molecule has 0 spiro atoms. The summed E-state index contributed by atoms with van der Waals surface area (Å²) < 4.78 is 0. The van der Waals surface area contributed by atoms with Crippen molar-refractivity contribution < 1.29 is 9.59 Å². The van der Waals surface area contributed by atoms with Gasteiger partial charge in [0.25, 0.3) is 5.91 Å². The predicted octanol–water partition coefficient (Wildman–Crippen LogP) is 4.08. The second kappa shape index (κ2) is 7.67. The number of fused-ring (bicyclic) bond motifs is 1. The zero-order valence-corrected chi connectivity index (χ0v) is 17.3. The zero-order valence-electron chi connectivity index (χ0n) is 17.3. The Hall–Kier alpha value is -3.61. The van der Waals surface area contributed by atoms with Crippen LogP contribution in [0.3, 0.4) is 0 Å². The summed E-state index contributed by atoms with van der Waals surface area (Å²) in [6, 6.07) is 7.61. The minimum absolute atomic E-state index is 0.0260. The molecule has 30 heavy (non-hydrogen) atoms. The van der Waals surface area contributed by atoms with Crippen molar-refractivity contribution in [2.24, 2.45) is 11.7 Å². The molecule has 7 nitrogen and oxygen atoms in total. The van der Waals surface area contributed by atoms with Crippen molar-refractivity contribution in [3.05, 3.63) is 53.5 Å². The second-order valence-electron chi connectivity index (χ2n) is 7.95. The first kappa shape index (κ1) is 19.7. The quantitative estimate of drug-likeness (QED) is 0.481. The summed E-state index contributed by atoms with van der Waals surface area (Å²) >= 11 is 0. The van der Waals surface area contributed by atoms with Crippen LogP contribution >= 0.6 is 0 Å². The molecule has 2 aromatic heterocycles. The van der Waals surface area contributed by atoms with E-state index in [0.717, 1.165) is 46.0 Å². The first-order chi connectivity index (χ1) is 14.3. The number of rotatable bonds is 5. The van der Waals surface area contributed by atoms with E-state index in [2.05, 4.69) is 20.6 Å². The van der Waals surface area contributed by atoms with Gasteiger partial charge in [0.05, 0.1) is 16.9 Å². The monoisotopic (exact) mass is 403 g/mol. The highest BCUT2D eigenvalue weighted by atomic mass is 16.2. The smallest absolute Gasteiger partial charge is 0.271 e. The van der Waals surface area contributed by atoms with Crippen molar-refractivity contribution in [1.29, 1.82) is 0 Å². The Morgan fingerprint density at radius 1 is 1.17 bits per heavy atom. The van der Waals surface area contributed by atoms with Crippen LogP contribution in [-0.2, 0) is 9.59 Å². The number of anilines is 2. The van der Waals surface area contributed by atoms with E-state index in [1.165, 1.54) is 0 Å². The Bertz CT molecular complexity index is 1180. The van der Waals surface area contributed by atoms with Crippen LogP contribution in [0.15, 0.2) is 47.9 Å². The van der Waals surface area contributed by atoms with Crippen molar-refractivity contribution in [3.8, 4) is 11.1 Å². The molecule has 0 aliphatic heterocycles. The predicted molar refractivity (Wildman–Crippen MR) is 119 cm³/mol. The van der Waals surface area contributed by atoms with Crippen molar-refractivity contribution in [2.45, 2.75) is 33.6 Å². The molecule has 2 amide bonds. The number of nitrogens with two attached hydrogens (primary N) is 1. The first-order valence-electron chi connectivity index (χ1n) is 9.97. The number of para-hydroxylation sites is 1. The fourth-order valence-corrected chi connectivity index (χ4v) is 3.35. The number of H-pyrrole nitrogens is 1. The molecular weight excluding hydrogens is 378 g/mol. The lowest BCUT2D eigenvalue weighted by atomic mass is 10.0.